The summed E-state index contributed by atoms with van der Waals surface area (Å²) in [6.45, 7) is 9.91. The maximum absolute atomic E-state index is 13.3. The summed E-state index contributed by atoms with van der Waals surface area (Å²) in [5.74, 6) is 1.55. The Balaban J connectivity index is 1.88. The number of pyridine rings is 1. The predicted molar refractivity (Wildman–Crippen MR) is 97.1 cm³/mol. The van der Waals surface area contributed by atoms with Crippen LogP contribution in [0.1, 0.15) is 34.5 Å². The normalized spacial score (nSPS) is 17.8. The number of rotatable bonds is 2. The molecule has 1 fully saturated rings. The summed E-state index contributed by atoms with van der Waals surface area (Å²) in [6, 6.07) is 3.89. The lowest BCUT2D eigenvalue weighted by Crippen LogP contribution is -2.52. The van der Waals surface area contributed by atoms with Crippen molar-refractivity contribution in [2.75, 3.05) is 19.6 Å². The van der Waals surface area contributed by atoms with E-state index < -0.39 is 0 Å². The molecule has 26 heavy (non-hydrogen) atoms. The first-order valence-corrected chi connectivity index (χ1v) is 8.82. The first-order chi connectivity index (χ1) is 12.5. The second-order valence-electron chi connectivity index (χ2n) is 6.88. The zero-order valence-electron chi connectivity index (χ0n) is 15.4. The molecule has 1 saturated heterocycles. The minimum atomic E-state index is -0.0168. The zero-order chi connectivity index (χ0) is 18.4. The first kappa shape index (κ1) is 16.8. The largest absolute Gasteiger partial charge is 0.466 e. The van der Waals surface area contributed by atoms with E-state index in [1.54, 1.807) is 0 Å². The standard InChI is InChI=1S/C19H22N4O3/c1-10-9-20-5-6-23(10)19(24)15-8-16(14-7-11(2)25-13(14)4)21-18-17(15)12(3)22-26-18/h7-8,10,20H,5-6,9H2,1-4H3/t10-/m1/s1. The van der Waals surface area contributed by atoms with E-state index in [1.807, 2.05) is 44.7 Å². The molecule has 0 spiro atoms. The third-order valence-corrected chi connectivity index (χ3v) is 4.93. The van der Waals surface area contributed by atoms with Crippen molar-refractivity contribution in [2.45, 2.75) is 33.7 Å². The van der Waals surface area contributed by atoms with Gasteiger partial charge < -0.3 is 19.2 Å². The highest BCUT2D eigenvalue weighted by molar-refractivity contribution is 6.07. The van der Waals surface area contributed by atoms with E-state index in [1.165, 1.54) is 0 Å². The number of nitrogens with one attached hydrogen (secondary N) is 1. The quantitative estimate of drug-likeness (QED) is 0.762. The van der Waals surface area contributed by atoms with Crippen LogP contribution >= 0.6 is 0 Å². The molecule has 3 aromatic rings. The number of hydrogen-bond acceptors (Lipinski definition) is 6. The Labute approximate surface area is 151 Å². The summed E-state index contributed by atoms with van der Waals surface area (Å²) in [7, 11) is 0. The van der Waals surface area contributed by atoms with Crippen molar-refractivity contribution in [3.63, 3.8) is 0 Å². The Bertz CT molecular complexity index is 988. The molecule has 0 aromatic carbocycles. The number of furan rings is 1. The second kappa shape index (κ2) is 6.25. The molecule has 7 nitrogen and oxygen atoms in total. The average Bonchev–Trinajstić information content (AvgIpc) is 3.16. The summed E-state index contributed by atoms with van der Waals surface area (Å²) in [4.78, 5) is 19.8. The summed E-state index contributed by atoms with van der Waals surface area (Å²) >= 11 is 0. The van der Waals surface area contributed by atoms with Crippen LogP contribution in [-0.4, -0.2) is 46.6 Å². The number of aromatic nitrogens is 2. The molecule has 7 heteroatoms. The summed E-state index contributed by atoms with van der Waals surface area (Å²) < 4.78 is 11.0. The minimum Gasteiger partial charge on any atom is -0.466 e. The fourth-order valence-corrected chi connectivity index (χ4v) is 3.58. The Kier molecular flexibility index (Phi) is 4.03. The molecule has 1 atom stereocenters. The molecule has 0 unspecified atom stereocenters. The van der Waals surface area contributed by atoms with E-state index in [4.69, 9.17) is 8.94 Å². The molecule has 1 N–H and O–H groups in total. The van der Waals surface area contributed by atoms with Gasteiger partial charge in [0.2, 0.25) is 0 Å². The number of carbonyl (C=O) groups is 1. The highest BCUT2D eigenvalue weighted by Gasteiger charge is 2.28. The van der Waals surface area contributed by atoms with Crippen molar-refractivity contribution in [1.82, 2.24) is 20.4 Å². The van der Waals surface area contributed by atoms with Gasteiger partial charge in [0.15, 0.2) is 0 Å². The smallest absolute Gasteiger partial charge is 0.259 e. The van der Waals surface area contributed by atoms with Gasteiger partial charge in [0.05, 0.1) is 22.3 Å². The SMILES string of the molecule is Cc1cc(-c2cc(C(=O)N3CCNC[C@H]3C)c3c(C)noc3n2)c(C)o1. The van der Waals surface area contributed by atoms with Crippen molar-refractivity contribution in [3.8, 4) is 11.3 Å². The van der Waals surface area contributed by atoms with E-state index in [0.717, 1.165) is 30.2 Å². The van der Waals surface area contributed by atoms with Crippen LogP contribution in [0, 0.1) is 20.8 Å². The summed E-state index contributed by atoms with van der Waals surface area (Å²) in [5.41, 5.74) is 3.15. The minimum absolute atomic E-state index is 0.0168. The third kappa shape index (κ3) is 2.68. The molecular formula is C19H22N4O3. The van der Waals surface area contributed by atoms with Gasteiger partial charge in [-0.2, -0.15) is 0 Å². The molecule has 0 saturated carbocycles. The first-order valence-electron chi connectivity index (χ1n) is 8.82. The molecule has 4 rings (SSSR count). The number of amides is 1. The molecule has 0 radical (unpaired) electrons. The Morgan fingerprint density at radius 3 is 2.81 bits per heavy atom. The fraction of sp³-hybridized carbons (Fsp3) is 0.421. The van der Waals surface area contributed by atoms with Gasteiger partial charge in [0.1, 0.15) is 11.5 Å². The van der Waals surface area contributed by atoms with Gasteiger partial charge >= 0.3 is 0 Å². The molecule has 3 aromatic heterocycles. The number of carbonyl (C=O) groups excluding carboxylic acids is 1. The maximum atomic E-state index is 13.3. The van der Waals surface area contributed by atoms with Gasteiger partial charge in [-0.25, -0.2) is 4.98 Å². The molecule has 0 aliphatic carbocycles. The van der Waals surface area contributed by atoms with Gasteiger partial charge in [-0.1, -0.05) is 5.16 Å². The molecule has 1 amide bonds. The molecular weight excluding hydrogens is 332 g/mol. The third-order valence-electron chi connectivity index (χ3n) is 4.93. The average molecular weight is 354 g/mol. The van der Waals surface area contributed by atoms with Crippen LogP contribution in [0.5, 0.6) is 0 Å². The molecule has 1 aliphatic heterocycles. The highest BCUT2D eigenvalue weighted by Crippen LogP contribution is 2.31. The van der Waals surface area contributed by atoms with Crippen molar-refractivity contribution in [2.24, 2.45) is 0 Å². The fourth-order valence-electron chi connectivity index (χ4n) is 3.58. The predicted octanol–water partition coefficient (Wildman–Crippen LogP) is 2.84. The van der Waals surface area contributed by atoms with Crippen molar-refractivity contribution >= 4 is 17.0 Å². The lowest BCUT2D eigenvalue weighted by molar-refractivity contribution is 0.0657. The van der Waals surface area contributed by atoms with Crippen LogP contribution in [0.3, 0.4) is 0 Å². The number of nitrogens with zero attached hydrogens (tertiary/aromatic N) is 3. The van der Waals surface area contributed by atoms with E-state index in [9.17, 15) is 4.79 Å². The second-order valence-corrected chi connectivity index (χ2v) is 6.88. The summed E-state index contributed by atoms with van der Waals surface area (Å²) in [6.07, 6.45) is 0. The number of piperazine rings is 1. The zero-order valence-corrected chi connectivity index (χ0v) is 15.4. The van der Waals surface area contributed by atoms with Gasteiger partial charge in [-0.3, -0.25) is 4.79 Å². The lowest BCUT2D eigenvalue weighted by Gasteiger charge is -2.34. The van der Waals surface area contributed by atoms with E-state index >= 15 is 0 Å². The van der Waals surface area contributed by atoms with Crippen LogP contribution < -0.4 is 5.32 Å². The van der Waals surface area contributed by atoms with Gasteiger partial charge in [-0.05, 0) is 39.8 Å². The van der Waals surface area contributed by atoms with Gasteiger partial charge in [0, 0.05) is 31.2 Å². The molecule has 1 aliphatic rings. The Morgan fingerprint density at radius 1 is 1.31 bits per heavy atom. The highest BCUT2D eigenvalue weighted by atomic mass is 16.5. The molecule has 4 heterocycles. The maximum Gasteiger partial charge on any atom is 0.259 e. The van der Waals surface area contributed by atoms with Crippen molar-refractivity contribution in [1.29, 1.82) is 0 Å². The Morgan fingerprint density at radius 2 is 2.12 bits per heavy atom. The van der Waals surface area contributed by atoms with Crippen LogP contribution in [0.15, 0.2) is 21.1 Å². The lowest BCUT2D eigenvalue weighted by atomic mass is 10.0. The molecule has 0 bridgehead atoms. The van der Waals surface area contributed by atoms with Gasteiger partial charge in [-0.15, -0.1) is 0 Å². The number of fused-ring (bicyclic) bond motifs is 1. The van der Waals surface area contributed by atoms with E-state index in [0.29, 0.717) is 34.6 Å². The number of aryl methyl sites for hydroxylation is 3. The number of hydrogen-bond donors (Lipinski definition) is 1. The van der Waals surface area contributed by atoms with Crippen LogP contribution in [-0.2, 0) is 0 Å². The van der Waals surface area contributed by atoms with Gasteiger partial charge in [0.25, 0.3) is 11.6 Å². The van der Waals surface area contributed by atoms with E-state index in [2.05, 4.69) is 15.5 Å². The van der Waals surface area contributed by atoms with E-state index in [-0.39, 0.29) is 11.9 Å². The topological polar surface area (TPSA) is 84.4 Å². The monoisotopic (exact) mass is 354 g/mol. The molecule has 136 valence electrons. The Hall–Kier alpha value is -2.67. The van der Waals surface area contributed by atoms with Crippen molar-refractivity contribution in [3.05, 3.63) is 34.9 Å². The summed E-state index contributed by atoms with van der Waals surface area (Å²) in [5, 5.41) is 8.02. The van der Waals surface area contributed by atoms with Crippen LogP contribution in [0.2, 0.25) is 0 Å². The van der Waals surface area contributed by atoms with Crippen molar-refractivity contribution < 1.29 is 13.7 Å². The van der Waals surface area contributed by atoms with Crippen LogP contribution in [0.25, 0.3) is 22.4 Å². The van der Waals surface area contributed by atoms with Crippen LogP contribution in [0.4, 0.5) is 0 Å².